The average molecular weight is 685 g/mol. The maximum absolute atomic E-state index is 14.9. The van der Waals surface area contributed by atoms with Gasteiger partial charge in [-0.25, -0.2) is 18.7 Å². The number of rotatable bonds is 9. The van der Waals surface area contributed by atoms with E-state index < -0.39 is 17.5 Å². The highest BCUT2D eigenvalue weighted by Gasteiger charge is 2.45. The molecular weight excluding hydrogens is 642 g/mol. The summed E-state index contributed by atoms with van der Waals surface area (Å²) in [6.45, 7) is 8.05. The third-order valence-electron chi connectivity index (χ3n) is 10.4. The molecule has 0 radical (unpaired) electrons. The minimum atomic E-state index is -1.08. The summed E-state index contributed by atoms with van der Waals surface area (Å²) in [5.74, 6) is 3.58. The van der Waals surface area contributed by atoms with Gasteiger partial charge in [0.25, 0.3) is 0 Å². The van der Waals surface area contributed by atoms with Crippen LogP contribution in [0.15, 0.2) is 43.2 Å². The van der Waals surface area contributed by atoms with Crippen molar-refractivity contribution in [3.8, 4) is 24.1 Å². The maximum atomic E-state index is 14.9. The molecule has 4 aliphatic rings. The van der Waals surface area contributed by atoms with Gasteiger partial charge in [0.15, 0.2) is 11.6 Å². The monoisotopic (exact) mass is 684 g/mol. The largest absolute Gasteiger partial charge is 0.486 e. The third-order valence-corrected chi connectivity index (χ3v) is 10.4. The minimum Gasteiger partial charge on any atom is -0.486 e. The number of nitrogens with zero attached hydrogens (tertiary/aromatic N) is 8. The maximum Gasteiger partial charge on any atom is 0.318 e. The van der Waals surface area contributed by atoms with Crippen molar-refractivity contribution in [2.75, 3.05) is 61.1 Å². The number of aromatic nitrogens is 4. The first-order valence-electron chi connectivity index (χ1n) is 17.2. The van der Waals surface area contributed by atoms with E-state index in [1.54, 1.807) is 18.5 Å². The van der Waals surface area contributed by atoms with Crippen LogP contribution in [0.4, 0.5) is 26.2 Å². The average Bonchev–Trinajstić information content (AvgIpc) is 3.72. The second-order valence-electron chi connectivity index (χ2n) is 13.8. The molecule has 1 amide bonds. The Kier molecular flexibility index (Phi) is 9.20. The molecular formula is C37H42F2N8O3. The van der Waals surface area contributed by atoms with Gasteiger partial charge in [-0.3, -0.25) is 4.79 Å². The van der Waals surface area contributed by atoms with Crippen molar-refractivity contribution in [3.63, 3.8) is 0 Å². The number of ether oxygens (including phenoxy) is 2. The molecule has 4 aliphatic heterocycles. The SMILES string of the molecule is C#Cc1c(F)ccc2c1N([C@H]1COc3c(nc(OC[C@]4(C)C[C@@H](F)CN4c4ncccn4)nc3N(C)C[C@@H]3CCCN3C(=O)C=C)C1)CCC2. The van der Waals surface area contributed by atoms with Gasteiger partial charge >= 0.3 is 6.01 Å². The summed E-state index contributed by atoms with van der Waals surface area (Å²) < 4.78 is 42.7. The van der Waals surface area contributed by atoms with E-state index in [1.165, 1.54) is 12.1 Å². The number of carbonyl (C=O) groups is 1. The molecule has 50 heavy (non-hydrogen) atoms. The van der Waals surface area contributed by atoms with E-state index in [9.17, 15) is 13.6 Å². The highest BCUT2D eigenvalue weighted by molar-refractivity contribution is 5.87. The van der Waals surface area contributed by atoms with Crippen LogP contribution in [-0.2, 0) is 17.6 Å². The van der Waals surface area contributed by atoms with Crippen molar-refractivity contribution in [2.24, 2.45) is 0 Å². The van der Waals surface area contributed by atoms with Gasteiger partial charge < -0.3 is 29.1 Å². The summed E-state index contributed by atoms with van der Waals surface area (Å²) >= 11 is 0. The van der Waals surface area contributed by atoms with Crippen molar-refractivity contribution in [1.29, 1.82) is 0 Å². The number of anilines is 3. The van der Waals surface area contributed by atoms with E-state index in [0.717, 1.165) is 36.9 Å². The van der Waals surface area contributed by atoms with Crippen LogP contribution < -0.4 is 24.2 Å². The van der Waals surface area contributed by atoms with Crippen molar-refractivity contribution in [3.05, 3.63) is 65.9 Å². The van der Waals surface area contributed by atoms with Crippen LogP contribution >= 0.6 is 0 Å². The lowest BCUT2D eigenvalue weighted by molar-refractivity contribution is -0.126. The fourth-order valence-electron chi connectivity index (χ4n) is 7.94. The van der Waals surface area contributed by atoms with Crippen LogP contribution in [0, 0.1) is 18.2 Å². The fourth-order valence-corrected chi connectivity index (χ4v) is 7.94. The number of likely N-dealkylation sites (N-methyl/N-ethyl adjacent to an activating group) is 1. The molecule has 0 aliphatic carbocycles. The Morgan fingerprint density at radius 2 is 2.08 bits per heavy atom. The number of aryl methyl sites for hydroxylation is 1. The zero-order valence-electron chi connectivity index (χ0n) is 28.5. The molecule has 0 spiro atoms. The van der Waals surface area contributed by atoms with E-state index in [4.69, 9.17) is 25.9 Å². The highest BCUT2D eigenvalue weighted by Crippen LogP contribution is 2.40. The second-order valence-corrected chi connectivity index (χ2v) is 13.8. The Bertz CT molecular complexity index is 1810. The number of fused-ring (bicyclic) bond motifs is 2. The number of likely N-dealkylation sites (tertiary alicyclic amines) is 1. The van der Waals surface area contributed by atoms with Gasteiger partial charge in [-0.2, -0.15) is 9.97 Å². The zero-order valence-corrected chi connectivity index (χ0v) is 28.5. The molecule has 0 unspecified atom stereocenters. The molecule has 262 valence electrons. The van der Waals surface area contributed by atoms with Crippen LogP contribution in [0.25, 0.3) is 0 Å². The van der Waals surface area contributed by atoms with Crippen LogP contribution in [0.3, 0.4) is 0 Å². The number of hydrogen-bond acceptors (Lipinski definition) is 10. The topological polar surface area (TPSA) is 100 Å². The van der Waals surface area contributed by atoms with Gasteiger partial charge in [-0.05, 0) is 56.4 Å². The van der Waals surface area contributed by atoms with Gasteiger partial charge in [0.05, 0.1) is 35.1 Å². The molecule has 7 rings (SSSR count). The standard InChI is InChI=1S/C37H42F2N8O3/c1-5-28-29(39)13-12-24-10-7-17-46(32(24)28)27-18-30-33(49-22-27)34(44(4)21-26-11-8-16-45(26)31(48)6-2)43-36(42-30)50-23-37(3)19-25(38)20-47(37)35-40-14-9-15-41-35/h1,6,9,12-15,25-27H,2,7-8,10-11,16-23H2,3-4H3/t25-,26+,27-,37+/m1/s1. The molecule has 2 fully saturated rings. The Hall–Kier alpha value is -4.99. The number of amides is 1. The van der Waals surface area contributed by atoms with Crippen molar-refractivity contribution < 1.29 is 23.0 Å². The molecule has 2 saturated heterocycles. The molecule has 2 aromatic heterocycles. The summed E-state index contributed by atoms with van der Waals surface area (Å²) in [6.07, 6.45) is 13.5. The Labute approximate surface area is 291 Å². The molecule has 6 heterocycles. The Morgan fingerprint density at radius 3 is 2.86 bits per heavy atom. The fraction of sp³-hybridized carbons (Fsp3) is 0.486. The first-order valence-corrected chi connectivity index (χ1v) is 17.2. The molecule has 4 atom stereocenters. The second kappa shape index (κ2) is 13.7. The van der Waals surface area contributed by atoms with E-state index in [0.29, 0.717) is 55.9 Å². The summed E-state index contributed by atoms with van der Waals surface area (Å²) in [6, 6.07) is 4.91. The smallest absolute Gasteiger partial charge is 0.318 e. The number of alkyl halides is 1. The lowest BCUT2D eigenvalue weighted by Crippen LogP contribution is -2.47. The van der Waals surface area contributed by atoms with Gasteiger partial charge in [0.2, 0.25) is 11.9 Å². The Morgan fingerprint density at radius 1 is 1.26 bits per heavy atom. The van der Waals surface area contributed by atoms with Gasteiger partial charge in [-0.15, -0.1) is 6.42 Å². The Balaban J connectivity index is 1.20. The van der Waals surface area contributed by atoms with E-state index >= 15 is 0 Å². The molecule has 0 N–H and O–H groups in total. The number of halogens is 2. The molecule has 1 aromatic carbocycles. The molecule has 0 bridgehead atoms. The first-order chi connectivity index (χ1) is 24.2. The predicted molar refractivity (Wildman–Crippen MR) is 186 cm³/mol. The lowest BCUT2D eigenvalue weighted by atomic mass is 9.94. The van der Waals surface area contributed by atoms with Crippen molar-refractivity contribution in [2.45, 2.75) is 69.2 Å². The van der Waals surface area contributed by atoms with Crippen LogP contribution in [-0.4, -0.2) is 101 Å². The summed E-state index contributed by atoms with van der Waals surface area (Å²) in [5.41, 5.74) is 1.91. The lowest BCUT2D eigenvalue weighted by Gasteiger charge is -2.41. The van der Waals surface area contributed by atoms with Gasteiger partial charge in [-0.1, -0.05) is 18.6 Å². The molecule has 0 saturated carbocycles. The quantitative estimate of drug-likeness (QED) is 0.242. The molecule has 3 aromatic rings. The molecule has 13 heteroatoms. The van der Waals surface area contributed by atoms with E-state index in [1.807, 2.05) is 34.7 Å². The van der Waals surface area contributed by atoms with E-state index in [-0.39, 0.29) is 49.1 Å². The van der Waals surface area contributed by atoms with Gasteiger partial charge in [0, 0.05) is 58.0 Å². The predicted octanol–water partition coefficient (Wildman–Crippen LogP) is 4.14. The third kappa shape index (κ3) is 6.27. The number of terminal acetylenes is 1. The summed E-state index contributed by atoms with van der Waals surface area (Å²) in [7, 11) is 1.92. The number of hydrogen-bond donors (Lipinski definition) is 0. The van der Waals surface area contributed by atoms with Crippen molar-refractivity contribution in [1.82, 2.24) is 24.8 Å². The van der Waals surface area contributed by atoms with E-state index in [2.05, 4.69) is 27.4 Å². The van der Waals surface area contributed by atoms with Gasteiger partial charge in [0.1, 0.15) is 25.2 Å². The van der Waals surface area contributed by atoms with Crippen LogP contribution in [0.1, 0.15) is 49.4 Å². The minimum absolute atomic E-state index is 0.0305. The number of carbonyl (C=O) groups excluding carboxylic acids is 1. The summed E-state index contributed by atoms with van der Waals surface area (Å²) in [4.78, 5) is 38.9. The first kappa shape index (κ1) is 33.5. The molecule has 11 nitrogen and oxygen atoms in total. The normalized spacial score (nSPS) is 24.2. The summed E-state index contributed by atoms with van der Waals surface area (Å²) in [5, 5.41) is 0. The van der Waals surface area contributed by atoms with Crippen LogP contribution in [0.2, 0.25) is 0 Å². The number of benzene rings is 1. The van der Waals surface area contributed by atoms with Crippen molar-refractivity contribution >= 4 is 23.4 Å². The van der Waals surface area contributed by atoms with Crippen LogP contribution in [0.5, 0.6) is 11.8 Å². The zero-order chi connectivity index (χ0) is 35.0. The highest BCUT2D eigenvalue weighted by atomic mass is 19.1.